The maximum Gasteiger partial charge on any atom is 0.255 e. The van der Waals surface area contributed by atoms with Gasteiger partial charge in [-0.3, -0.25) is 19.6 Å². The second-order valence-electron chi connectivity index (χ2n) is 6.27. The topological polar surface area (TPSA) is 82.2 Å². The number of amides is 1. The molecule has 0 aliphatic carbocycles. The minimum Gasteiger partial charge on any atom is -0.342 e. The van der Waals surface area contributed by atoms with Gasteiger partial charge in [-0.25, -0.2) is 4.98 Å². The van der Waals surface area contributed by atoms with Crippen molar-refractivity contribution in [2.45, 2.75) is 32.7 Å². The van der Waals surface area contributed by atoms with Gasteiger partial charge in [0, 0.05) is 57.5 Å². The van der Waals surface area contributed by atoms with Crippen molar-refractivity contribution < 1.29 is 4.79 Å². The van der Waals surface area contributed by atoms with Crippen LogP contribution in [0.25, 0.3) is 0 Å². The molecule has 0 bridgehead atoms. The van der Waals surface area contributed by atoms with Crippen LogP contribution in [0.5, 0.6) is 0 Å². The largest absolute Gasteiger partial charge is 0.342 e. The van der Waals surface area contributed by atoms with E-state index in [0.29, 0.717) is 50.4 Å². The zero-order valence-electron chi connectivity index (χ0n) is 14.7. The molecule has 1 N–H and O–H groups in total. The molecule has 25 heavy (non-hydrogen) atoms. The number of anilines is 1. The van der Waals surface area contributed by atoms with Crippen LogP contribution in [0.4, 0.5) is 5.95 Å². The molecule has 1 amide bonds. The van der Waals surface area contributed by atoms with E-state index in [0.717, 1.165) is 11.3 Å². The van der Waals surface area contributed by atoms with Gasteiger partial charge < -0.3 is 9.80 Å². The zero-order valence-corrected chi connectivity index (χ0v) is 14.7. The number of carbonyl (C=O) groups is 1. The number of nitrogens with zero attached hydrogens (tertiary/aromatic N) is 4. The first-order valence-corrected chi connectivity index (χ1v) is 8.58. The molecule has 3 rings (SSSR count). The van der Waals surface area contributed by atoms with E-state index < -0.39 is 0 Å². The molecule has 1 aliphatic rings. The predicted octanol–water partition coefficient (Wildman–Crippen LogP) is 1.14. The van der Waals surface area contributed by atoms with Gasteiger partial charge in [0.05, 0.1) is 5.69 Å². The Morgan fingerprint density at radius 1 is 1.36 bits per heavy atom. The summed E-state index contributed by atoms with van der Waals surface area (Å²) in [5.41, 5.74) is 2.43. The monoisotopic (exact) mass is 341 g/mol. The fourth-order valence-electron chi connectivity index (χ4n) is 3.09. The molecular weight excluding hydrogens is 318 g/mol. The van der Waals surface area contributed by atoms with Crippen molar-refractivity contribution in [1.29, 1.82) is 0 Å². The number of pyridine rings is 1. The lowest BCUT2D eigenvalue weighted by molar-refractivity contribution is -0.130. The Labute approximate surface area is 146 Å². The van der Waals surface area contributed by atoms with Gasteiger partial charge in [-0.05, 0) is 18.1 Å². The Bertz CT molecular complexity index is 803. The average Bonchev–Trinajstić information content (AvgIpc) is 2.85. The molecule has 0 fully saturated rings. The van der Waals surface area contributed by atoms with E-state index in [1.807, 2.05) is 35.9 Å². The minimum absolute atomic E-state index is 0.108. The maximum atomic E-state index is 12.5. The number of aromatic nitrogens is 3. The van der Waals surface area contributed by atoms with E-state index >= 15 is 0 Å². The molecule has 0 saturated carbocycles. The van der Waals surface area contributed by atoms with Gasteiger partial charge in [0.2, 0.25) is 11.9 Å². The molecule has 1 aliphatic heterocycles. The SMILES string of the molecule is CCC(=O)N1CCc2nc(N(C)Cc3cccnc3)[nH]c(=O)c2CC1. The van der Waals surface area contributed by atoms with Crippen molar-refractivity contribution in [3.05, 3.63) is 51.7 Å². The first-order chi connectivity index (χ1) is 12.1. The third kappa shape index (κ3) is 3.87. The van der Waals surface area contributed by atoms with Gasteiger partial charge in [-0.2, -0.15) is 0 Å². The molecule has 0 spiro atoms. The third-order valence-electron chi connectivity index (χ3n) is 4.50. The van der Waals surface area contributed by atoms with Gasteiger partial charge in [0.25, 0.3) is 5.56 Å². The average molecular weight is 341 g/mol. The molecular formula is C18H23N5O2. The van der Waals surface area contributed by atoms with Crippen LogP contribution in [0.15, 0.2) is 29.3 Å². The van der Waals surface area contributed by atoms with E-state index in [2.05, 4.69) is 15.0 Å². The normalized spacial score (nSPS) is 13.9. The van der Waals surface area contributed by atoms with Crippen LogP contribution in [-0.2, 0) is 24.2 Å². The molecule has 2 aromatic heterocycles. The molecule has 7 nitrogen and oxygen atoms in total. The van der Waals surface area contributed by atoms with Crippen molar-refractivity contribution in [3.63, 3.8) is 0 Å². The minimum atomic E-state index is -0.108. The summed E-state index contributed by atoms with van der Waals surface area (Å²) in [5, 5.41) is 0. The Kier molecular flexibility index (Phi) is 5.11. The van der Waals surface area contributed by atoms with Crippen LogP contribution in [0.2, 0.25) is 0 Å². The molecule has 132 valence electrons. The van der Waals surface area contributed by atoms with Gasteiger partial charge in [0.15, 0.2) is 0 Å². The summed E-state index contributed by atoms with van der Waals surface area (Å²) in [4.78, 5) is 39.8. The van der Waals surface area contributed by atoms with Crippen LogP contribution in [-0.4, -0.2) is 45.9 Å². The summed E-state index contributed by atoms with van der Waals surface area (Å²) in [6.45, 7) is 3.66. The molecule has 0 saturated heterocycles. The second kappa shape index (κ2) is 7.46. The predicted molar refractivity (Wildman–Crippen MR) is 95.5 cm³/mol. The number of aromatic amines is 1. The highest BCUT2D eigenvalue weighted by Gasteiger charge is 2.21. The smallest absolute Gasteiger partial charge is 0.255 e. The molecule has 3 heterocycles. The van der Waals surface area contributed by atoms with Crippen LogP contribution >= 0.6 is 0 Å². The summed E-state index contributed by atoms with van der Waals surface area (Å²) in [5.74, 6) is 0.668. The highest BCUT2D eigenvalue weighted by Crippen LogP contribution is 2.15. The first kappa shape index (κ1) is 17.1. The van der Waals surface area contributed by atoms with Crippen molar-refractivity contribution >= 4 is 11.9 Å². The number of hydrogen-bond donors (Lipinski definition) is 1. The van der Waals surface area contributed by atoms with Crippen molar-refractivity contribution in [1.82, 2.24) is 19.9 Å². The molecule has 0 aromatic carbocycles. The summed E-state index contributed by atoms with van der Waals surface area (Å²) < 4.78 is 0. The van der Waals surface area contributed by atoms with E-state index in [1.165, 1.54) is 0 Å². The number of carbonyl (C=O) groups excluding carboxylic acids is 1. The van der Waals surface area contributed by atoms with Gasteiger partial charge in [-0.15, -0.1) is 0 Å². The maximum absolute atomic E-state index is 12.5. The van der Waals surface area contributed by atoms with E-state index in [-0.39, 0.29) is 11.5 Å². The first-order valence-electron chi connectivity index (χ1n) is 8.58. The number of hydrogen-bond acceptors (Lipinski definition) is 5. The van der Waals surface area contributed by atoms with Gasteiger partial charge in [0.1, 0.15) is 0 Å². The Balaban J connectivity index is 1.81. The van der Waals surface area contributed by atoms with Crippen molar-refractivity contribution in [2.75, 3.05) is 25.0 Å². The quantitative estimate of drug-likeness (QED) is 0.902. The number of rotatable bonds is 4. The Hall–Kier alpha value is -2.70. The van der Waals surface area contributed by atoms with Crippen LogP contribution in [0, 0.1) is 0 Å². The lowest BCUT2D eigenvalue weighted by Crippen LogP contribution is -2.32. The summed E-state index contributed by atoms with van der Waals surface area (Å²) in [7, 11) is 1.89. The van der Waals surface area contributed by atoms with Crippen molar-refractivity contribution in [2.24, 2.45) is 0 Å². The summed E-state index contributed by atoms with van der Waals surface area (Å²) in [6, 6.07) is 3.87. The zero-order chi connectivity index (χ0) is 17.8. The summed E-state index contributed by atoms with van der Waals surface area (Å²) in [6.07, 6.45) is 5.18. The van der Waals surface area contributed by atoms with Crippen LogP contribution < -0.4 is 10.5 Å². The molecule has 2 aromatic rings. The number of nitrogens with one attached hydrogen (secondary N) is 1. The molecule has 7 heteroatoms. The van der Waals surface area contributed by atoms with E-state index in [4.69, 9.17) is 0 Å². The van der Waals surface area contributed by atoms with Gasteiger partial charge in [-0.1, -0.05) is 13.0 Å². The van der Waals surface area contributed by atoms with E-state index in [9.17, 15) is 9.59 Å². The number of H-pyrrole nitrogens is 1. The molecule has 0 unspecified atom stereocenters. The highest BCUT2D eigenvalue weighted by molar-refractivity contribution is 5.75. The van der Waals surface area contributed by atoms with Crippen molar-refractivity contribution in [3.8, 4) is 0 Å². The van der Waals surface area contributed by atoms with Crippen LogP contribution in [0.1, 0.15) is 30.2 Å². The lowest BCUT2D eigenvalue weighted by atomic mass is 10.1. The Morgan fingerprint density at radius 3 is 2.88 bits per heavy atom. The van der Waals surface area contributed by atoms with Gasteiger partial charge >= 0.3 is 0 Å². The Morgan fingerprint density at radius 2 is 2.16 bits per heavy atom. The fourth-order valence-corrected chi connectivity index (χ4v) is 3.09. The highest BCUT2D eigenvalue weighted by atomic mass is 16.2. The molecule has 0 atom stereocenters. The number of fused-ring (bicyclic) bond motifs is 1. The van der Waals surface area contributed by atoms with Crippen LogP contribution in [0.3, 0.4) is 0 Å². The fraction of sp³-hybridized carbons (Fsp3) is 0.444. The summed E-state index contributed by atoms with van der Waals surface area (Å²) >= 11 is 0. The lowest BCUT2D eigenvalue weighted by Gasteiger charge is -2.19. The standard InChI is InChI=1S/C18H23N5O2/c1-3-16(24)23-9-6-14-15(7-10-23)20-18(21-17(14)25)22(2)12-13-5-4-8-19-11-13/h4-5,8,11H,3,6-7,9-10,12H2,1-2H3,(H,20,21,25). The second-order valence-corrected chi connectivity index (χ2v) is 6.27. The van der Waals surface area contributed by atoms with E-state index in [1.54, 1.807) is 12.4 Å². The molecule has 0 radical (unpaired) electrons. The third-order valence-corrected chi connectivity index (χ3v) is 4.50.